The zero-order chi connectivity index (χ0) is 20.9. The maximum atomic E-state index is 10.3. The van der Waals surface area contributed by atoms with Gasteiger partial charge in [0.05, 0.1) is 6.42 Å². The van der Waals surface area contributed by atoms with Crippen LogP contribution in [0.15, 0.2) is 0 Å². The number of carboxylic acid groups (broad SMARTS) is 3. The summed E-state index contributed by atoms with van der Waals surface area (Å²) in [5, 5.41) is 24.5. The van der Waals surface area contributed by atoms with E-state index in [1.807, 2.05) is 0 Å². The van der Waals surface area contributed by atoms with Crippen LogP contribution in [0.1, 0.15) is 103 Å². The molecular formula is C20H39NO6. The van der Waals surface area contributed by atoms with E-state index >= 15 is 0 Å². The van der Waals surface area contributed by atoms with Gasteiger partial charge in [0.1, 0.15) is 6.04 Å². The van der Waals surface area contributed by atoms with Crippen molar-refractivity contribution in [1.82, 2.24) is 0 Å². The maximum absolute atomic E-state index is 10.3. The van der Waals surface area contributed by atoms with Crippen LogP contribution in [0.5, 0.6) is 0 Å². The number of carboxylic acids is 3. The predicted molar refractivity (Wildman–Crippen MR) is 106 cm³/mol. The molecule has 5 N–H and O–H groups in total. The van der Waals surface area contributed by atoms with E-state index in [2.05, 4.69) is 6.92 Å². The molecule has 27 heavy (non-hydrogen) atoms. The van der Waals surface area contributed by atoms with Crippen molar-refractivity contribution in [3.05, 3.63) is 0 Å². The molecule has 0 bridgehead atoms. The molecule has 0 aromatic rings. The Morgan fingerprint density at radius 2 is 1.04 bits per heavy atom. The van der Waals surface area contributed by atoms with Crippen LogP contribution < -0.4 is 5.73 Å². The Hall–Kier alpha value is -1.63. The second kappa shape index (κ2) is 20.7. The van der Waals surface area contributed by atoms with Crippen LogP contribution >= 0.6 is 0 Å². The summed E-state index contributed by atoms with van der Waals surface area (Å²) in [5.41, 5.74) is 4.84. The topological polar surface area (TPSA) is 138 Å². The zero-order valence-electron chi connectivity index (χ0n) is 16.8. The second-order valence-corrected chi connectivity index (χ2v) is 6.93. The third kappa shape index (κ3) is 26.7. The summed E-state index contributed by atoms with van der Waals surface area (Å²) in [7, 11) is 0. The number of carbonyl (C=O) groups is 3. The first kappa shape index (κ1) is 27.6. The van der Waals surface area contributed by atoms with Gasteiger partial charge in [0, 0.05) is 6.42 Å². The van der Waals surface area contributed by atoms with E-state index in [-0.39, 0.29) is 0 Å². The van der Waals surface area contributed by atoms with E-state index in [0.29, 0.717) is 6.42 Å². The highest BCUT2D eigenvalue weighted by Crippen LogP contribution is 2.12. The number of rotatable bonds is 17. The minimum absolute atomic E-state index is 0.345. The van der Waals surface area contributed by atoms with Gasteiger partial charge in [0.2, 0.25) is 0 Å². The number of aliphatic carboxylic acids is 3. The van der Waals surface area contributed by atoms with Gasteiger partial charge in [-0.1, -0.05) is 84.0 Å². The summed E-state index contributed by atoms with van der Waals surface area (Å²) in [4.78, 5) is 29.9. The first-order chi connectivity index (χ1) is 12.8. The molecule has 7 nitrogen and oxygen atoms in total. The smallest absolute Gasteiger partial charge is 0.321 e. The van der Waals surface area contributed by atoms with Crippen LogP contribution in [0, 0.1) is 0 Å². The van der Waals surface area contributed by atoms with Crippen LogP contribution in [0.25, 0.3) is 0 Å². The van der Waals surface area contributed by atoms with E-state index in [1.54, 1.807) is 0 Å². The van der Waals surface area contributed by atoms with Gasteiger partial charge in [0.15, 0.2) is 0 Å². The molecule has 0 aliphatic rings. The summed E-state index contributed by atoms with van der Waals surface area (Å²) in [5.74, 6) is -3.15. The fraction of sp³-hybridized carbons (Fsp3) is 0.850. The van der Waals surface area contributed by atoms with Crippen molar-refractivity contribution in [2.45, 2.75) is 109 Å². The molecule has 0 aromatic heterocycles. The third-order valence-corrected chi connectivity index (χ3v) is 4.21. The lowest BCUT2D eigenvalue weighted by Gasteiger charge is -2.02. The van der Waals surface area contributed by atoms with Crippen LogP contribution in [-0.4, -0.2) is 39.3 Å². The molecule has 7 heteroatoms. The van der Waals surface area contributed by atoms with Crippen molar-refractivity contribution < 1.29 is 29.7 Å². The molecule has 0 radical (unpaired) electrons. The van der Waals surface area contributed by atoms with E-state index in [4.69, 9.17) is 21.1 Å². The fourth-order valence-corrected chi connectivity index (χ4v) is 2.57. The SMILES string of the molecule is CCCCCCCCCCCCCCCC(=O)O.N[C@@H](CC(=O)O)C(=O)O. The van der Waals surface area contributed by atoms with E-state index in [0.717, 1.165) is 12.8 Å². The van der Waals surface area contributed by atoms with Crippen molar-refractivity contribution in [3.63, 3.8) is 0 Å². The summed E-state index contributed by atoms with van der Waals surface area (Å²) >= 11 is 0. The zero-order valence-corrected chi connectivity index (χ0v) is 16.8. The summed E-state index contributed by atoms with van der Waals surface area (Å²) in [6.07, 6.45) is 16.7. The predicted octanol–water partition coefficient (Wildman–Crippen LogP) is 4.43. The Balaban J connectivity index is 0. The maximum Gasteiger partial charge on any atom is 0.321 e. The van der Waals surface area contributed by atoms with Gasteiger partial charge in [-0.2, -0.15) is 0 Å². The average Bonchev–Trinajstić information content (AvgIpc) is 2.58. The monoisotopic (exact) mass is 389 g/mol. The van der Waals surface area contributed by atoms with Gasteiger partial charge < -0.3 is 21.1 Å². The van der Waals surface area contributed by atoms with Crippen molar-refractivity contribution in [1.29, 1.82) is 0 Å². The van der Waals surface area contributed by atoms with Crippen molar-refractivity contribution in [2.24, 2.45) is 5.73 Å². The standard InChI is InChI=1S/C16H32O2.C4H7NO4/c1-2-3-4-5-6-7-8-9-10-11-12-13-14-15-16(17)18;5-2(4(8)9)1-3(6)7/h2-15H2,1H3,(H,17,18);2H,1,5H2,(H,6,7)(H,8,9)/t;2-/m.0/s1. The Morgan fingerprint density at radius 1 is 0.667 bits per heavy atom. The molecule has 1 atom stereocenters. The van der Waals surface area contributed by atoms with E-state index in [1.165, 1.54) is 70.6 Å². The lowest BCUT2D eigenvalue weighted by atomic mass is 10.0. The molecule has 0 unspecified atom stereocenters. The molecule has 0 spiro atoms. The molecule has 160 valence electrons. The molecule has 0 aliphatic heterocycles. The van der Waals surface area contributed by atoms with Gasteiger partial charge in [-0.25, -0.2) is 0 Å². The molecule has 0 rings (SSSR count). The number of hydrogen-bond donors (Lipinski definition) is 4. The molecule has 0 aromatic carbocycles. The number of nitrogens with two attached hydrogens (primary N) is 1. The fourth-order valence-electron chi connectivity index (χ4n) is 2.57. The van der Waals surface area contributed by atoms with E-state index in [9.17, 15) is 14.4 Å². The summed E-state index contributed by atoms with van der Waals surface area (Å²) in [6, 6.07) is -1.29. The minimum Gasteiger partial charge on any atom is -0.481 e. The molecule has 0 amide bonds. The Labute approximate surface area is 163 Å². The van der Waals surface area contributed by atoms with Crippen LogP contribution in [0.2, 0.25) is 0 Å². The first-order valence-electron chi connectivity index (χ1n) is 10.2. The number of unbranched alkanes of at least 4 members (excludes halogenated alkanes) is 12. The van der Waals surface area contributed by atoms with Crippen molar-refractivity contribution in [3.8, 4) is 0 Å². The Kier molecular flexibility index (Phi) is 21.1. The summed E-state index contributed by atoms with van der Waals surface area (Å²) in [6.45, 7) is 2.26. The Morgan fingerprint density at radius 3 is 1.30 bits per heavy atom. The van der Waals surface area contributed by atoms with Crippen LogP contribution in [0.4, 0.5) is 0 Å². The van der Waals surface area contributed by atoms with Gasteiger partial charge in [-0.3, -0.25) is 14.4 Å². The highest BCUT2D eigenvalue weighted by molar-refractivity contribution is 5.80. The summed E-state index contributed by atoms with van der Waals surface area (Å²) < 4.78 is 0. The molecule has 0 saturated heterocycles. The largest absolute Gasteiger partial charge is 0.481 e. The van der Waals surface area contributed by atoms with Gasteiger partial charge >= 0.3 is 17.9 Å². The van der Waals surface area contributed by atoms with Gasteiger partial charge in [0.25, 0.3) is 0 Å². The molecule has 0 fully saturated rings. The Bertz CT molecular complexity index is 387. The van der Waals surface area contributed by atoms with Crippen LogP contribution in [0.3, 0.4) is 0 Å². The van der Waals surface area contributed by atoms with Gasteiger partial charge in [-0.15, -0.1) is 0 Å². The molecule has 0 aliphatic carbocycles. The lowest BCUT2D eigenvalue weighted by molar-refractivity contribution is -0.144. The first-order valence-corrected chi connectivity index (χ1v) is 10.2. The molecular weight excluding hydrogens is 350 g/mol. The third-order valence-electron chi connectivity index (χ3n) is 4.21. The van der Waals surface area contributed by atoms with Crippen molar-refractivity contribution >= 4 is 17.9 Å². The second-order valence-electron chi connectivity index (χ2n) is 6.93. The quantitative estimate of drug-likeness (QED) is 0.270. The van der Waals surface area contributed by atoms with Crippen molar-refractivity contribution in [2.75, 3.05) is 0 Å². The minimum atomic E-state index is -1.29. The number of hydrogen-bond acceptors (Lipinski definition) is 4. The molecule has 0 heterocycles. The molecule has 0 saturated carbocycles. The normalized spacial score (nSPS) is 11.3. The highest BCUT2D eigenvalue weighted by atomic mass is 16.4. The highest BCUT2D eigenvalue weighted by Gasteiger charge is 2.14. The van der Waals surface area contributed by atoms with Crippen LogP contribution in [-0.2, 0) is 14.4 Å². The van der Waals surface area contributed by atoms with E-state index < -0.39 is 30.4 Å². The van der Waals surface area contributed by atoms with Gasteiger partial charge in [-0.05, 0) is 6.42 Å². The average molecular weight is 390 g/mol. The lowest BCUT2D eigenvalue weighted by Crippen LogP contribution is -2.32.